The van der Waals surface area contributed by atoms with Gasteiger partial charge < -0.3 is 10.6 Å². The fourth-order valence-electron chi connectivity index (χ4n) is 4.39. The van der Waals surface area contributed by atoms with Crippen molar-refractivity contribution >= 4 is 18.3 Å². The summed E-state index contributed by atoms with van der Waals surface area (Å²) in [4.78, 5) is 12.8. The number of benzene rings is 1. The van der Waals surface area contributed by atoms with Crippen molar-refractivity contribution in [1.29, 1.82) is 0 Å². The van der Waals surface area contributed by atoms with Gasteiger partial charge in [0, 0.05) is 18.4 Å². The number of carbonyl (C=O) groups is 1. The van der Waals surface area contributed by atoms with Crippen molar-refractivity contribution in [2.45, 2.75) is 57.2 Å². The minimum absolute atomic E-state index is 0. The van der Waals surface area contributed by atoms with Gasteiger partial charge in [0.2, 0.25) is 5.91 Å². The molecule has 1 aliphatic heterocycles. The summed E-state index contributed by atoms with van der Waals surface area (Å²) in [6.07, 6.45) is 9.75. The molecule has 2 heterocycles. The zero-order valence-corrected chi connectivity index (χ0v) is 15.9. The van der Waals surface area contributed by atoms with Crippen molar-refractivity contribution in [2.75, 3.05) is 0 Å². The summed E-state index contributed by atoms with van der Waals surface area (Å²) < 4.78 is 1.85. The molecule has 1 aliphatic carbocycles. The number of halogens is 1. The molecule has 2 aliphatic rings. The molecule has 0 spiro atoms. The topological polar surface area (TPSA) is 59.0 Å². The first-order chi connectivity index (χ1) is 12.2. The van der Waals surface area contributed by atoms with Gasteiger partial charge in [0.15, 0.2) is 0 Å². The van der Waals surface area contributed by atoms with Crippen LogP contribution in [-0.4, -0.2) is 27.8 Å². The molecule has 1 aromatic carbocycles. The van der Waals surface area contributed by atoms with Crippen LogP contribution in [0.4, 0.5) is 0 Å². The second kappa shape index (κ2) is 8.23. The Morgan fingerprint density at radius 3 is 2.85 bits per heavy atom. The quantitative estimate of drug-likeness (QED) is 0.862. The highest BCUT2D eigenvalue weighted by atomic mass is 35.5. The summed E-state index contributed by atoms with van der Waals surface area (Å²) in [7, 11) is 0. The van der Waals surface area contributed by atoms with Crippen molar-refractivity contribution < 1.29 is 4.79 Å². The van der Waals surface area contributed by atoms with Gasteiger partial charge in [-0.15, -0.1) is 12.4 Å². The molecule has 1 saturated heterocycles. The van der Waals surface area contributed by atoms with Crippen LogP contribution in [-0.2, 0) is 4.79 Å². The van der Waals surface area contributed by atoms with Gasteiger partial charge in [-0.05, 0) is 49.8 Å². The zero-order valence-electron chi connectivity index (χ0n) is 15.1. The van der Waals surface area contributed by atoms with Crippen molar-refractivity contribution in [2.24, 2.45) is 5.92 Å². The summed E-state index contributed by atoms with van der Waals surface area (Å²) in [5.74, 6) is 0.799. The Kier molecular flexibility index (Phi) is 5.99. The predicted molar refractivity (Wildman–Crippen MR) is 105 cm³/mol. The third-order valence-corrected chi connectivity index (χ3v) is 5.69. The summed E-state index contributed by atoms with van der Waals surface area (Å²) >= 11 is 0. The number of hydrogen-bond acceptors (Lipinski definition) is 3. The van der Waals surface area contributed by atoms with E-state index in [1.54, 1.807) is 6.20 Å². The van der Waals surface area contributed by atoms with E-state index in [1.165, 1.54) is 25.7 Å². The molecular formula is C20H27ClN4O. The normalized spacial score (nSPS) is 25.8. The number of fused-ring (bicyclic) bond motifs is 1. The van der Waals surface area contributed by atoms with E-state index in [0.717, 1.165) is 17.7 Å². The molecule has 4 atom stereocenters. The van der Waals surface area contributed by atoms with Gasteiger partial charge in [-0.1, -0.05) is 31.0 Å². The third-order valence-electron chi connectivity index (χ3n) is 5.69. The van der Waals surface area contributed by atoms with Crippen molar-refractivity contribution in [3.63, 3.8) is 0 Å². The molecule has 6 heteroatoms. The molecule has 4 unspecified atom stereocenters. The molecule has 140 valence electrons. The van der Waals surface area contributed by atoms with E-state index in [1.807, 2.05) is 42.1 Å². The van der Waals surface area contributed by atoms with Crippen molar-refractivity contribution in [3.8, 4) is 5.69 Å². The predicted octanol–water partition coefficient (Wildman–Crippen LogP) is 3.39. The highest BCUT2D eigenvalue weighted by molar-refractivity contribution is 5.85. The highest BCUT2D eigenvalue weighted by Gasteiger charge is 2.38. The van der Waals surface area contributed by atoms with Crippen LogP contribution < -0.4 is 10.6 Å². The zero-order chi connectivity index (χ0) is 17.2. The second-order valence-electron chi connectivity index (χ2n) is 7.35. The molecule has 0 radical (unpaired) electrons. The number of carbonyl (C=O) groups excluding carboxylic acids is 1. The third kappa shape index (κ3) is 3.79. The van der Waals surface area contributed by atoms with Gasteiger partial charge >= 0.3 is 0 Å². The minimum Gasteiger partial charge on any atom is -0.348 e. The molecule has 5 nitrogen and oxygen atoms in total. The Morgan fingerprint density at radius 1 is 1.27 bits per heavy atom. The van der Waals surface area contributed by atoms with E-state index in [9.17, 15) is 4.79 Å². The Labute approximate surface area is 161 Å². The Hall–Kier alpha value is -1.85. The monoisotopic (exact) mass is 374 g/mol. The fraction of sp³-hybridized carbons (Fsp3) is 0.500. The smallest absolute Gasteiger partial charge is 0.237 e. The number of para-hydroxylation sites is 1. The van der Waals surface area contributed by atoms with E-state index in [2.05, 4.69) is 21.8 Å². The van der Waals surface area contributed by atoms with Crippen LogP contribution in [0, 0.1) is 5.92 Å². The summed E-state index contributed by atoms with van der Waals surface area (Å²) in [5, 5.41) is 11.1. The average Bonchev–Trinajstić information content (AvgIpc) is 3.31. The Morgan fingerprint density at radius 2 is 2.08 bits per heavy atom. The molecule has 1 saturated carbocycles. The van der Waals surface area contributed by atoms with Gasteiger partial charge in [-0.3, -0.25) is 4.79 Å². The molecule has 4 rings (SSSR count). The number of rotatable bonds is 4. The largest absolute Gasteiger partial charge is 0.348 e. The number of aromatic nitrogens is 2. The number of nitrogens with zero attached hydrogens (tertiary/aromatic N) is 2. The Bertz CT molecular complexity index is 719. The van der Waals surface area contributed by atoms with Crippen LogP contribution in [0.5, 0.6) is 0 Å². The maximum absolute atomic E-state index is 12.8. The lowest BCUT2D eigenvalue weighted by molar-refractivity contribution is -0.123. The molecule has 2 aromatic rings. The molecular weight excluding hydrogens is 348 g/mol. The Balaban J connectivity index is 0.00000196. The van der Waals surface area contributed by atoms with Gasteiger partial charge in [0.25, 0.3) is 0 Å². The van der Waals surface area contributed by atoms with Crippen molar-refractivity contribution in [3.05, 3.63) is 48.3 Å². The van der Waals surface area contributed by atoms with Crippen LogP contribution in [0.15, 0.2) is 42.7 Å². The van der Waals surface area contributed by atoms with Crippen LogP contribution in [0.1, 0.15) is 50.6 Å². The standard InChI is InChI=1S/C20H26N4O.ClH/c1-14(16-8-3-5-10-19(16)24-12-6-11-21-24)22-20(25)18-13-15-7-2-4-9-17(15)23-18;/h3,5-6,8,10-12,14-15,17-18,23H,2,4,7,9,13H2,1H3,(H,22,25);1H. The fourth-order valence-corrected chi connectivity index (χ4v) is 4.39. The lowest BCUT2D eigenvalue weighted by atomic mass is 9.85. The van der Waals surface area contributed by atoms with E-state index in [4.69, 9.17) is 0 Å². The highest BCUT2D eigenvalue weighted by Crippen LogP contribution is 2.33. The molecule has 1 amide bonds. The molecule has 26 heavy (non-hydrogen) atoms. The van der Waals surface area contributed by atoms with E-state index in [0.29, 0.717) is 12.0 Å². The first-order valence-corrected chi connectivity index (χ1v) is 9.38. The van der Waals surface area contributed by atoms with E-state index >= 15 is 0 Å². The van der Waals surface area contributed by atoms with Gasteiger partial charge in [0.1, 0.15) is 0 Å². The van der Waals surface area contributed by atoms with Gasteiger partial charge in [-0.25, -0.2) is 4.68 Å². The van der Waals surface area contributed by atoms with Crippen LogP contribution >= 0.6 is 12.4 Å². The van der Waals surface area contributed by atoms with Gasteiger partial charge in [0.05, 0.1) is 17.8 Å². The average molecular weight is 375 g/mol. The molecule has 1 aromatic heterocycles. The number of hydrogen-bond donors (Lipinski definition) is 2. The maximum atomic E-state index is 12.8. The molecule has 2 N–H and O–H groups in total. The summed E-state index contributed by atoms with van der Waals surface area (Å²) in [6, 6.07) is 10.4. The minimum atomic E-state index is -0.0580. The number of nitrogens with one attached hydrogen (secondary N) is 2. The second-order valence-corrected chi connectivity index (χ2v) is 7.35. The molecule has 2 fully saturated rings. The van der Waals surface area contributed by atoms with Crippen LogP contribution in [0.2, 0.25) is 0 Å². The first kappa shape index (κ1) is 18.9. The van der Waals surface area contributed by atoms with Crippen molar-refractivity contribution in [1.82, 2.24) is 20.4 Å². The summed E-state index contributed by atoms with van der Waals surface area (Å²) in [6.45, 7) is 2.04. The van der Waals surface area contributed by atoms with E-state index in [-0.39, 0.29) is 30.4 Å². The van der Waals surface area contributed by atoms with Gasteiger partial charge in [-0.2, -0.15) is 5.10 Å². The molecule has 0 bridgehead atoms. The maximum Gasteiger partial charge on any atom is 0.237 e. The SMILES string of the molecule is CC(NC(=O)C1CC2CCCCC2N1)c1ccccc1-n1cccn1.Cl. The first-order valence-electron chi connectivity index (χ1n) is 9.38. The number of amides is 1. The summed E-state index contributed by atoms with van der Waals surface area (Å²) in [5.41, 5.74) is 2.09. The van der Waals surface area contributed by atoms with E-state index < -0.39 is 0 Å². The lowest BCUT2D eigenvalue weighted by Crippen LogP contribution is -2.44. The lowest BCUT2D eigenvalue weighted by Gasteiger charge is -2.24. The van der Waals surface area contributed by atoms with Crippen LogP contribution in [0.3, 0.4) is 0 Å². The van der Waals surface area contributed by atoms with Crippen LogP contribution in [0.25, 0.3) is 5.69 Å².